The average Bonchev–Trinajstić information content (AvgIpc) is 3.67. The molecule has 6 aromatic carbocycles. The molecular formula is C46H37NS. The minimum atomic E-state index is 0.386. The molecule has 12 rings (SSSR count). The largest absolute Gasteiger partial charge is 0.309 e. The van der Waals surface area contributed by atoms with Crippen LogP contribution in [0, 0.1) is 17.8 Å². The van der Waals surface area contributed by atoms with Crippen LogP contribution in [0.15, 0.2) is 133 Å². The molecule has 0 saturated heterocycles. The van der Waals surface area contributed by atoms with Gasteiger partial charge in [-0.15, -0.1) is 11.3 Å². The summed E-state index contributed by atoms with van der Waals surface area (Å²) >= 11 is 1.91. The lowest BCUT2D eigenvalue weighted by atomic mass is 9.48. The van der Waals surface area contributed by atoms with Gasteiger partial charge in [-0.2, -0.15) is 0 Å². The normalized spacial score (nSPS) is 23.2. The molecule has 0 amide bonds. The molecule has 2 heteroatoms. The van der Waals surface area contributed by atoms with E-state index in [2.05, 4.69) is 138 Å². The number of thiophene rings is 1. The Morgan fingerprint density at radius 2 is 1.06 bits per heavy atom. The minimum Gasteiger partial charge on any atom is -0.309 e. The summed E-state index contributed by atoms with van der Waals surface area (Å²) < 4.78 is 5.24. The summed E-state index contributed by atoms with van der Waals surface area (Å²) in [4.78, 5) is 0. The lowest BCUT2D eigenvalue weighted by molar-refractivity contribution is -0.00512. The molecule has 48 heavy (non-hydrogen) atoms. The quantitative estimate of drug-likeness (QED) is 0.181. The topological polar surface area (TPSA) is 4.93 Å². The van der Waals surface area contributed by atoms with Crippen LogP contribution in [-0.2, 0) is 5.41 Å². The highest BCUT2D eigenvalue weighted by molar-refractivity contribution is 7.26. The number of nitrogens with zero attached hydrogens (tertiary/aromatic N) is 1. The van der Waals surface area contributed by atoms with E-state index in [4.69, 9.17) is 0 Å². The van der Waals surface area contributed by atoms with Crippen molar-refractivity contribution in [2.45, 2.75) is 43.9 Å². The number of hydrogen-bond acceptors (Lipinski definition) is 1. The maximum Gasteiger partial charge on any atom is 0.0541 e. The lowest BCUT2D eigenvalue weighted by Crippen LogP contribution is -2.48. The predicted molar refractivity (Wildman–Crippen MR) is 204 cm³/mol. The molecule has 1 nitrogen and oxygen atoms in total. The van der Waals surface area contributed by atoms with Crippen molar-refractivity contribution >= 4 is 53.3 Å². The fourth-order valence-corrected chi connectivity index (χ4v) is 12.1. The molecule has 0 atom stereocenters. The second-order valence-electron chi connectivity index (χ2n) is 15.1. The molecule has 4 aliphatic rings. The Hall–Kier alpha value is -4.66. The molecule has 2 heterocycles. The second-order valence-corrected chi connectivity index (χ2v) is 16.2. The summed E-state index contributed by atoms with van der Waals surface area (Å²) in [7, 11) is 0. The van der Waals surface area contributed by atoms with Crippen molar-refractivity contribution < 1.29 is 0 Å². The Morgan fingerprint density at radius 3 is 1.85 bits per heavy atom. The van der Waals surface area contributed by atoms with Gasteiger partial charge in [0.2, 0.25) is 0 Å². The summed E-state index contributed by atoms with van der Waals surface area (Å²) in [6.07, 6.45) is 8.64. The van der Waals surface area contributed by atoms with Gasteiger partial charge in [-0.05, 0) is 109 Å². The number of benzene rings is 6. The van der Waals surface area contributed by atoms with E-state index in [1.807, 2.05) is 11.3 Å². The molecule has 0 radical (unpaired) electrons. The molecular weight excluding hydrogens is 599 g/mol. The SMILES string of the molecule is c1ccc(-c2cccc3c2sc2ccccc23)c(-c2ccccc2-n2c3ccccc3c3cc(C45CC6CC(CC(C6)C4)C5)ccc32)c1. The van der Waals surface area contributed by atoms with Crippen LogP contribution in [0.1, 0.15) is 44.1 Å². The maximum atomic E-state index is 2.61. The first-order valence-corrected chi connectivity index (χ1v) is 18.7. The summed E-state index contributed by atoms with van der Waals surface area (Å²) in [5.41, 5.74) is 10.9. The van der Waals surface area contributed by atoms with Gasteiger partial charge in [-0.25, -0.2) is 0 Å². The molecule has 0 spiro atoms. The third-order valence-electron chi connectivity index (χ3n) is 12.4. The van der Waals surface area contributed by atoms with E-state index < -0.39 is 0 Å². The molecule has 0 unspecified atom stereocenters. The van der Waals surface area contributed by atoms with Crippen LogP contribution < -0.4 is 0 Å². The van der Waals surface area contributed by atoms with E-state index in [0.717, 1.165) is 17.8 Å². The van der Waals surface area contributed by atoms with Crippen molar-refractivity contribution in [2.75, 3.05) is 0 Å². The zero-order valence-electron chi connectivity index (χ0n) is 27.0. The van der Waals surface area contributed by atoms with Crippen LogP contribution in [0.3, 0.4) is 0 Å². The van der Waals surface area contributed by atoms with E-state index in [-0.39, 0.29) is 0 Å². The summed E-state index contributed by atoms with van der Waals surface area (Å²) in [5.74, 6) is 2.83. The van der Waals surface area contributed by atoms with Crippen LogP contribution in [0.5, 0.6) is 0 Å². The maximum absolute atomic E-state index is 2.61. The minimum absolute atomic E-state index is 0.386. The first-order chi connectivity index (χ1) is 23.7. The Bertz CT molecular complexity index is 2530. The number of para-hydroxylation sites is 2. The fraction of sp³-hybridized carbons (Fsp3) is 0.217. The predicted octanol–water partition coefficient (Wildman–Crippen LogP) is 13.0. The van der Waals surface area contributed by atoms with E-state index in [1.165, 1.54) is 108 Å². The summed E-state index contributed by atoms with van der Waals surface area (Å²) in [5, 5.41) is 5.44. The van der Waals surface area contributed by atoms with Crippen molar-refractivity contribution in [3.05, 3.63) is 139 Å². The number of rotatable bonds is 4. The third kappa shape index (κ3) is 3.90. The van der Waals surface area contributed by atoms with Crippen LogP contribution in [0.2, 0.25) is 0 Å². The van der Waals surface area contributed by atoms with Gasteiger partial charge >= 0.3 is 0 Å². The van der Waals surface area contributed by atoms with Gasteiger partial charge in [0, 0.05) is 42.1 Å². The lowest BCUT2D eigenvalue weighted by Gasteiger charge is -2.57. The fourth-order valence-electron chi connectivity index (χ4n) is 10.8. The highest BCUT2D eigenvalue weighted by atomic mass is 32.1. The van der Waals surface area contributed by atoms with Gasteiger partial charge in [-0.3, -0.25) is 0 Å². The summed E-state index contributed by atoms with van der Waals surface area (Å²) in [6, 6.07) is 50.4. The van der Waals surface area contributed by atoms with Gasteiger partial charge in [0.15, 0.2) is 0 Å². The molecule has 4 saturated carbocycles. The van der Waals surface area contributed by atoms with Gasteiger partial charge in [-0.1, -0.05) is 103 Å². The van der Waals surface area contributed by atoms with Crippen molar-refractivity contribution in [2.24, 2.45) is 17.8 Å². The first-order valence-electron chi connectivity index (χ1n) is 17.9. The molecule has 0 aliphatic heterocycles. The summed E-state index contributed by atoms with van der Waals surface area (Å²) in [6.45, 7) is 0. The molecule has 2 aromatic heterocycles. The molecule has 4 bridgehead atoms. The molecule has 232 valence electrons. The average molecular weight is 636 g/mol. The van der Waals surface area contributed by atoms with Crippen LogP contribution in [0.25, 0.3) is 69.9 Å². The van der Waals surface area contributed by atoms with Gasteiger partial charge in [0.1, 0.15) is 0 Å². The van der Waals surface area contributed by atoms with Crippen LogP contribution in [-0.4, -0.2) is 4.57 Å². The van der Waals surface area contributed by atoms with Crippen molar-refractivity contribution in [3.8, 4) is 27.9 Å². The van der Waals surface area contributed by atoms with Crippen LogP contribution in [0.4, 0.5) is 0 Å². The van der Waals surface area contributed by atoms with E-state index >= 15 is 0 Å². The van der Waals surface area contributed by atoms with E-state index in [9.17, 15) is 0 Å². The van der Waals surface area contributed by atoms with E-state index in [1.54, 1.807) is 5.56 Å². The zero-order chi connectivity index (χ0) is 31.4. The third-order valence-corrected chi connectivity index (χ3v) is 13.6. The molecule has 4 aliphatic carbocycles. The molecule has 4 fully saturated rings. The monoisotopic (exact) mass is 635 g/mol. The van der Waals surface area contributed by atoms with Gasteiger partial charge in [0.05, 0.1) is 16.7 Å². The highest BCUT2D eigenvalue weighted by Gasteiger charge is 2.51. The second kappa shape index (κ2) is 10.2. The Labute approximate surface area is 285 Å². The molecule has 8 aromatic rings. The Balaban J connectivity index is 1.11. The first kappa shape index (κ1) is 27.3. The van der Waals surface area contributed by atoms with Crippen molar-refractivity contribution in [1.82, 2.24) is 4.57 Å². The Morgan fingerprint density at radius 1 is 0.479 bits per heavy atom. The number of fused-ring (bicyclic) bond motifs is 6. The number of hydrogen-bond donors (Lipinski definition) is 0. The van der Waals surface area contributed by atoms with Gasteiger partial charge < -0.3 is 4.57 Å². The smallest absolute Gasteiger partial charge is 0.0541 e. The Kier molecular flexibility index (Phi) is 5.79. The van der Waals surface area contributed by atoms with E-state index in [0.29, 0.717) is 5.41 Å². The standard InChI is InChI=1S/C46H37NS/c1-2-11-34(38-15-9-16-39-37-14-5-8-19-44(37)48-45(38)39)33(10-1)35-12-3-6-17-41(35)47-42-18-7-4-13-36(42)40-25-32(20-21-43(40)47)46-26-29-22-30(27-46)24-31(23-29)28-46/h1-21,25,29-31H,22-24,26-28H2. The number of aromatic nitrogens is 1. The zero-order valence-corrected chi connectivity index (χ0v) is 27.8. The van der Waals surface area contributed by atoms with Crippen molar-refractivity contribution in [3.63, 3.8) is 0 Å². The molecule has 0 N–H and O–H groups in total. The van der Waals surface area contributed by atoms with Gasteiger partial charge in [0.25, 0.3) is 0 Å². The highest BCUT2D eigenvalue weighted by Crippen LogP contribution is 2.61. The van der Waals surface area contributed by atoms with Crippen molar-refractivity contribution in [1.29, 1.82) is 0 Å². The van der Waals surface area contributed by atoms with Crippen LogP contribution >= 0.6 is 11.3 Å².